The fraction of sp³-hybridized carbons (Fsp3) is 0.605. The Morgan fingerprint density at radius 3 is 2.52 bits per heavy atom. The van der Waals surface area contributed by atoms with Gasteiger partial charge in [-0.15, -0.1) is 6.58 Å². The number of carbonyl (C=O) groups is 3. The second kappa shape index (κ2) is 15.5. The van der Waals surface area contributed by atoms with Crippen molar-refractivity contribution in [1.29, 1.82) is 0 Å². The normalized spacial score (nSPS) is 24.6. The minimum absolute atomic E-state index is 0.0946. The SMILES string of the molecule is C=CCCC[C@@H]1CCC[C@@]1(C)OC(=O)C[C@H](C(=O)N1C[C@H](Oc2nc3cc(OC)ccc3nc2C=C)[C@@H](CC)[C@H]1C(=O)OC)C(C)(C)C. The second-order valence-corrected chi connectivity index (χ2v) is 14.4. The number of benzene rings is 1. The topological polar surface area (TPSA) is 117 Å². The molecular formula is C38H53N3O7. The number of allylic oxidation sites excluding steroid dienone is 1. The zero-order valence-electron chi connectivity index (χ0n) is 29.8. The van der Waals surface area contributed by atoms with Gasteiger partial charge >= 0.3 is 11.9 Å². The number of hydrogen-bond donors (Lipinski definition) is 0. The molecule has 1 saturated carbocycles. The van der Waals surface area contributed by atoms with E-state index in [1.807, 2.05) is 46.8 Å². The van der Waals surface area contributed by atoms with E-state index in [-0.39, 0.29) is 30.7 Å². The molecule has 1 aliphatic heterocycles. The van der Waals surface area contributed by atoms with Crippen LogP contribution in [0.4, 0.5) is 0 Å². The maximum atomic E-state index is 14.5. The summed E-state index contributed by atoms with van der Waals surface area (Å²) in [6.07, 6.45) is 9.04. The van der Waals surface area contributed by atoms with Crippen molar-refractivity contribution in [3.8, 4) is 11.6 Å². The number of hydrogen-bond acceptors (Lipinski definition) is 9. The summed E-state index contributed by atoms with van der Waals surface area (Å²) in [6, 6.07) is 4.48. The Kier molecular flexibility index (Phi) is 11.9. The quantitative estimate of drug-likeness (QED) is 0.120. The summed E-state index contributed by atoms with van der Waals surface area (Å²) in [6.45, 7) is 17.6. The molecule has 10 nitrogen and oxygen atoms in total. The zero-order valence-corrected chi connectivity index (χ0v) is 29.8. The number of likely N-dealkylation sites (tertiary alicyclic amines) is 1. The standard InChI is InChI=1S/C38H53N3O7/c1-10-13-14-16-24-17-15-20-38(24,7)48-32(42)22-27(37(4,5)6)35(43)41-23-31(26(11-2)33(41)36(44)46-9)47-34-28(12-3)39-29-19-18-25(45-8)21-30(29)40-34/h10,12,18-19,21,24,26-27,31,33H,1,3,11,13-17,20,22-23H2,2,4-9H3/t24-,26-,27-,31+,33+,38-/m1/s1. The summed E-state index contributed by atoms with van der Waals surface area (Å²) in [5, 5.41) is 0. The first-order chi connectivity index (χ1) is 22.8. The number of fused-ring (bicyclic) bond motifs is 1. The third kappa shape index (κ3) is 8.01. The highest BCUT2D eigenvalue weighted by molar-refractivity contribution is 5.89. The lowest BCUT2D eigenvalue weighted by molar-refractivity contribution is -0.167. The first-order valence-corrected chi connectivity index (χ1v) is 17.2. The van der Waals surface area contributed by atoms with E-state index in [1.54, 1.807) is 25.3 Å². The van der Waals surface area contributed by atoms with Gasteiger partial charge in [-0.2, -0.15) is 0 Å². The summed E-state index contributed by atoms with van der Waals surface area (Å²) in [5.41, 5.74) is 0.502. The summed E-state index contributed by atoms with van der Waals surface area (Å²) in [4.78, 5) is 52.4. The summed E-state index contributed by atoms with van der Waals surface area (Å²) >= 11 is 0. The molecule has 0 bridgehead atoms. The predicted molar refractivity (Wildman–Crippen MR) is 185 cm³/mol. The number of methoxy groups -OCH3 is 2. The highest BCUT2D eigenvalue weighted by atomic mass is 16.6. The van der Waals surface area contributed by atoms with Crippen LogP contribution in [0, 0.1) is 23.2 Å². The van der Waals surface area contributed by atoms with Crippen LogP contribution in [0.5, 0.6) is 11.6 Å². The molecule has 0 spiro atoms. The number of aromatic nitrogens is 2. The smallest absolute Gasteiger partial charge is 0.329 e. The molecule has 2 fully saturated rings. The van der Waals surface area contributed by atoms with E-state index in [1.165, 1.54) is 12.0 Å². The molecule has 48 heavy (non-hydrogen) atoms. The molecule has 1 aromatic carbocycles. The van der Waals surface area contributed by atoms with Crippen molar-refractivity contribution in [2.75, 3.05) is 20.8 Å². The van der Waals surface area contributed by atoms with Crippen molar-refractivity contribution in [1.82, 2.24) is 14.9 Å². The van der Waals surface area contributed by atoms with Crippen molar-refractivity contribution in [2.24, 2.45) is 23.2 Å². The Morgan fingerprint density at radius 2 is 1.90 bits per heavy atom. The van der Waals surface area contributed by atoms with Gasteiger partial charge < -0.3 is 23.8 Å². The number of amides is 1. The van der Waals surface area contributed by atoms with E-state index >= 15 is 0 Å². The van der Waals surface area contributed by atoms with Crippen LogP contribution < -0.4 is 9.47 Å². The van der Waals surface area contributed by atoms with E-state index in [2.05, 4.69) is 18.1 Å². The molecule has 6 atom stereocenters. The molecule has 0 N–H and O–H groups in total. The van der Waals surface area contributed by atoms with E-state index in [4.69, 9.17) is 23.9 Å². The monoisotopic (exact) mass is 663 g/mol. The lowest BCUT2D eigenvalue weighted by atomic mass is 9.77. The number of carbonyl (C=O) groups excluding carboxylic acids is 3. The van der Waals surface area contributed by atoms with Crippen LogP contribution in [0.3, 0.4) is 0 Å². The predicted octanol–water partition coefficient (Wildman–Crippen LogP) is 6.95. The van der Waals surface area contributed by atoms with Gasteiger partial charge in [-0.05, 0) is 81.4 Å². The molecule has 4 rings (SSSR count). The molecule has 262 valence electrons. The van der Waals surface area contributed by atoms with Crippen molar-refractivity contribution in [3.63, 3.8) is 0 Å². The number of nitrogens with zero attached hydrogens (tertiary/aromatic N) is 3. The number of esters is 2. The van der Waals surface area contributed by atoms with E-state index in [0.29, 0.717) is 28.9 Å². The summed E-state index contributed by atoms with van der Waals surface area (Å²) < 4.78 is 23.3. The van der Waals surface area contributed by atoms with Gasteiger partial charge in [0, 0.05) is 12.0 Å². The molecule has 1 aliphatic carbocycles. The van der Waals surface area contributed by atoms with Crippen molar-refractivity contribution in [3.05, 3.63) is 43.1 Å². The van der Waals surface area contributed by atoms with Crippen LogP contribution in [0.1, 0.15) is 91.7 Å². The molecule has 2 aromatic rings. The number of rotatable bonds is 14. The molecule has 1 saturated heterocycles. The summed E-state index contributed by atoms with van der Waals surface area (Å²) in [7, 11) is 2.89. The van der Waals surface area contributed by atoms with Crippen LogP contribution in [0.15, 0.2) is 37.4 Å². The van der Waals surface area contributed by atoms with Gasteiger partial charge in [0.25, 0.3) is 0 Å². The molecule has 1 amide bonds. The Morgan fingerprint density at radius 1 is 1.15 bits per heavy atom. The van der Waals surface area contributed by atoms with Gasteiger partial charge in [-0.25, -0.2) is 14.8 Å². The second-order valence-electron chi connectivity index (χ2n) is 14.4. The Bertz CT molecular complexity index is 1500. The highest BCUT2D eigenvalue weighted by Gasteiger charge is 2.52. The van der Waals surface area contributed by atoms with Crippen LogP contribution >= 0.6 is 0 Å². The Labute approximate surface area is 285 Å². The first-order valence-electron chi connectivity index (χ1n) is 17.2. The van der Waals surface area contributed by atoms with Crippen LogP contribution in [0.2, 0.25) is 0 Å². The van der Waals surface area contributed by atoms with Crippen LogP contribution in [-0.2, 0) is 23.9 Å². The lowest BCUT2D eigenvalue weighted by Crippen LogP contribution is -2.49. The average Bonchev–Trinajstić information content (AvgIpc) is 3.61. The van der Waals surface area contributed by atoms with Crippen molar-refractivity contribution in [2.45, 2.75) is 104 Å². The van der Waals surface area contributed by atoms with Crippen LogP contribution in [-0.4, -0.2) is 71.2 Å². The fourth-order valence-corrected chi connectivity index (χ4v) is 7.39. The van der Waals surface area contributed by atoms with Gasteiger partial charge in [0.2, 0.25) is 11.8 Å². The Hall–Kier alpha value is -3.95. The minimum atomic E-state index is -0.902. The average molecular weight is 664 g/mol. The Balaban J connectivity index is 1.60. The van der Waals surface area contributed by atoms with Gasteiger partial charge in [0.05, 0.1) is 44.1 Å². The molecular weight excluding hydrogens is 610 g/mol. The maximum Gasteiger partial charge on any atom is 0.329 e. The first kappa shape index (κ1) is 36.9. The zero-order chi connectivity index (χ0) is 35.2. The number of unbranched alkanes of at least 4 members (excludes halogenated alkanes) is 1. The fourth-order valence-electron chi connectivity index (χ4n) is 7.39. The van der Waals surface area contributed by atoms with E-state index in [9.17, 15) is 14.4 Å². The van der Waals surface area contributed by atoms with Gasteiger partial charge in [0.15, 0.2) is 0 Å². The van der Waals surface area contributed by atoms with Gasteiger partial charge in [0.1, 0.15) is 29.2 Å². The van der Waals surface area contributed by atoms with Gasteiger partial charge in [-0.1, -0.05) is 40.3 Å². The van der Waals surface area contributed by atoms with E-state index < -0.39 is 46.9 Å². The molecule has 0 unspecified atom stereocenters. The number of ether oxygens (including phenoxy) is 4. The van der Waals surface area contributed by atoms with Gasteiger partial charge in [-0.3, -0.25) is 9.59 Å². The maximum absolute atomic E-state index is 14.5. The third-order valence-corrected chi connectivity index (χ3v) is 10.2. The summed E-state index contributed by atoms with van der Waals surface area (Å²) in [5.74, 6) is -1.23. The minimum Gasteiger partial charge on any atom is -0.497 e. The molecule has 2 aliphatic rings. The molecule has 1 aromatic heterocycles. The van der Waals surface area contributed by atoms with Crippen molar-refractivity contribution < 1.29 is 33.3 Å². The third-order valence-electron chi connectivity index (χ3n) is 10.2. The van der Waals surface area contributed by atoms with E-state index in [0.717, 1.165) is 38.5 Å². The lowest BCUT2D eigenvalue weighted by Gasteiger charge is -2.36. The highest BCUT2D eigenvalue weighted by Crippen LogP contribution is 2.43. The largest absolute Gasteiger partial charge is 0.497 e. The molecule has 2 heterocycles. The molecule has 0 radical (unpaired) electrons. The van der Waals surface area contributed by atoms with Crippen LogP contribution in [0.25, 0.3) is 17.1 Å². The molecule has 10 heteroatoms. The van der Waals surface area contributed by atoms with Crippen molar-refractivity contribution >= 4 is 35.0 Å².